The molecule has 5 aliphatic heterocycles. The number of allylic oxidation sites excluding steroid dienone is 12. The lowest BCUT2D eigenvalue weighted by Gasteiger charge is -2.02. The van der Waals surface area contributed by atoms with E-state index in [0.717, 1.165) is 0 Å². The number of fused-ring (bicyclic) bond motifs is 4. The first-order valence-corrected chi connectivity index (χ1v) is 9.31. The van der Waals surface area contributed by atoms with Crippen LogP contribution in [0.25, 0.3) is 0 Å². The Labute approximate surface area is 182 Å². The fraction of sp³-hybridized carbons (Fsp3) is 0. The maximum atomic E-state index is 9.89. The van der Waals surface area contributed by atoms with E-state index < -0.39 is 0 Å². The Kier molecular flexibility index (Phi) is 4.13. The molecule has 5 rings (SSSR count). The van der Waals surface area contributed by atoms with Crippen LogP contribution in [0, 0.1) is 45.3 Å². The van der Waals surface area contributed by atoms with Gasteiger partial charge in [0.1, 0.15) is 41.3 Å². The Hall–Kier alpha value is -5.44. The van der Waals surface area contributed by atoms with Crippen LogP contribution < -0.4 is 0 Å². The second-order valence-electron chi connectivity index (χ2n) is 6.88. The number of nitriles is 4. The van der Waals surface area contributed by atoms with Gasteiger partial charge < -0.3 is 0 Å². The molecule has 0 saturated carbocycles. The van der Waals surface area contributed by atoms with Crippen LogP contribution in [0.15, 0.2) is 114 Å². The molecule has 0 N–H and O–H groups in total. The monoisotopic (exact) mass is 408 g/mol. The van der Waals surface area contributed by atoms with Crippen molar-refractivity contribution >= 4 is 22.8 Å². The molecular formula is C24H8N8. The average Bonchev–Trinajstić information content (AvgIpc) is 3.56. The molecule has 0 amide bonds. The Balaban J connectivity index is 1.83. The number of rotatable bonds is 0. The van der Waals surface area contributed by atoms with E-state index in [9.17, 15) is 21.0 Å². The second kappa shape index (κ2) is 7.11. The van der Waals surface area contributed by atoms with Gasteiger partial charge in [-0.1, -0.05) is 0 Å². The summed E-state index contributed by atoms with van der Waals surface area (Å²) in [6.45, 7) is 0. The van der Waals surface area contributed by atoms with Gasteiger partial charge in [-0.2, -0.15) is 21.0 Å². The largest absolute Gasteiger partial charge is 0.249 e. The predicted molar refractivity (Wildman–Crippen MR) is 117 cm³/mol. The second-order valence-corrected chi connectivity index (χ2v) is 6.88. The van der Waals surface area contributed by atoms with Crippen LogP contribution in [0.5, 0.6) is 0 Å². The fourth-order valence-electron chi connectivity index (χ4n) is 3.55. The zero-order chi connectivity index (χ0) is 22.2. The van der Waals surface area contributed by atoms with Gasteiger partial charge in [0.25, 0.3) is 0 Å². The van der Waals surface area contributed by atoms with Crippen LogP contribution in [0.3, 0.4) is 0 Å². The SMILES string of the molecule is N#CC1=CC2=CC3=NC(=CC4=NC(=CC5=NC(=C(C#N)C1=N2)C(C#N)=C5C#N)C=C4)C=C3. The van der Waals surface area contributed by atoms with Gasteiger partial charge in [0, 0.05) is 0 Å². The van der Waals surface area contributed by atoms with Crippen LogP contribution in [-0.4, -0.2) is 22.8 Å². The molecule has 0 aromatic rings. The molecule has 144 valence electrons. The third-order valence-electron chi connectivity index (χ3n) is 4.94. The van der Waals surface area contributed by atoms with Crippen molar-refractivity contribution in [3.05, 3.63) is 93.7 Å². The quantitative estimate of drug-likeness (QED) is 0.606. The number of hydrogen-bond donors (Lipinski definition) is 0. The summed E-state index contributed by atoms with van der Waals surface area (Å²) in [6, 6.07) is 8.02. The van der Waals surface area contributed by atoms with Crippen LogP contribution in [-0.2, 0) is 0 Å². The van der Waals surface area contributed by atoms with Gasteiger partial charge in [0.15, 0.2) is 0 Å². The summed E-state index contributed by atoms with van der Waals surface area (Å²) in [4.78, 5) is 17.8. The van der Waals surface area contributed by atoms with Crippen molar-refractivity contribution in [1.29, 1.82) is 21.0 Å². The van der Waals surface area contributed by atoms with E-state index in [0.29, 0.717) is 28.5 Å². The Morgan fingerprint density at radius 1 is 0.531 bits per heavy atom. The lowest BCUT2D eigenvalue weighted by Crippen LogP contribution is -2.05. The lowest BCUT2D eigenvalue weighted by atomic mass is 9.98. The van der Waals surface area contributed by atoms with Crippen molar-refractivity contribution in [3.63, 3.8) is 0 Å². The molecule has 5 aliphatic rings. The molecular weight excluding hydrogens is 400 g/mol. The van der Waals surface area contributed by atoms with Crippen molar-refractivity contribution in [1.82, 2.24) is 0 Å². The summed E-state index contributed by atoms with van der Waals surface area (Å²) >= 11 is 0. The first kappa shape index (κ1) is 18.6. The van der Waals surface area contributed by atoms with Gasteiger partial charge in [0.2, 0.25) is 0 Å². The zero-order valence-electron chi connectivity index (χ0n) is 16.2. The minimum atomic E-state index is -0.0540. The van der Waals surface area contributed by atoms with E-state index in [4.69, 9.17) is 0 Å². The maximum absolute atomic E-state index is 9.89. The molecule has 0 aromatic carbocycles. The molecule has 8 nitrogen and oxygen atoms in total. The molecule has 8 heteroatoms. The summed E-state index contributed by atoms with van der Waals surface area (Å²) < 4.78 is 0. The van der Waals surface area contributed by atoms with Crippen molar-refractivity contribution in [3.8, 4) is 24.3 Å². The van der Waals surface area contributed by atoms with Crippen molar-refractivity contribution in [2.24, 2.45) is 20.0 Å². The van der Waals surface area contributed by atoms with Gasteiger partial charge in [0.05, 0.1) is 50.9 Å². The van der Waals surface area contributed by atoms with E-state index >= 15 is 0 Å². The van der Waals surface area contributed by atoms with Crippen LogP contribution in [0.2, 0.25) is 0 Å². The maximum Gasteiger partial charge on any atom is 0.106 e. The molecule has 0 unspecified atom stereocenters. The highest BCUT2D eigenvalue weighted by Crippen LogP contribution is 2.32. The van der Waals surface area contributed by atoms with Gasteiger partial charge in [-0.25, -0.2) is 20.0 Å². The van der Waals surface area contributed by atoms with Gasteiger partial charge >= 0.3 is 0 Å². The highest BCUT2D eigenvalue weighted by atomic mass is 14.9. The van der Waals surface area contributed by atoms with E-state index in [2.05, 4.69) is 20.0 Å². The van der Waals surface area contributed by atoms with Gasteiger partial charge in [-0.3, -0.25) is 0 Å². The molecule has 0 saturated heterocycles. The molecule has 0 atom stereocenters. The van der Waals surface area contributed by atoms with Gasteiger partial charge in [-0.05, 0) is 48.6 Å². The third-order valence-corrected chi connectivity index (χ3v) is 4.94. The third kappa shape index (κ3) is 2.90. The Bertz CT molecular complexity index is 1570. The number of aliphatic imine (C=N–C) groups is 4. The summed E-state index contributed by atoms with van der Waals surface area (Å²) in [5, 5.41) is 38.9. The van der Waals surface area contributed by atoms with Crippen LogP contribution in [0.4, 0.5) is 0 Å². The van der Waals surface area contributed by atoms with Crippen LogP contribution >= 0.6 is 0 Å². The summed E-state index contributed by atoms with van der Waals surface area (Å²) in [5.74, 6) is 0. The van der Waals surface area contributed by atoms with E-state index in [1.807, 2.05) is 42.5 Å². The number of hydrogen-bond acceptors (Lipinski definition) is 8. The fourth-order valence-corrected chi connectivity index (χ4v) is 3.55. The molecule has 8 bridgehead atoms. The van der Waals surface area contributed by atoms with Gasteiger partial charge in [-0.15, -0.1) is 0 Å². The standard InChI is InChI=1S/C24H8N8/c25-9-13-5-18-7-16-2-1-14(29-16)6-15-3-4-17(30-15)8-22-19(10-26)20(11-27)24(32-22)21(12-28)23(13)31-18/h1-8H. The molecule has 32 heavy (non-hydrogen) atoms. The van der Waals surface area contributed by atoms with Crippen molar-refractivity contribution in [2.45, 2.75) is 0 Å². The molecule has 0 radical (unpaired) electrons. The predicted octanol–water partition coefficient (Wildman–Crippen LogP) is 3.15. The molecule has 0 spiro atoms. The van der Waals surface area contributed by atoms with Crippen molar-refractivity contribution in [2.75, 3.05) is 0 Å². The van der Waals surface area contributed by atoms with Crippen LogP contribution in [0.1, 0.15) is 0 Å². The van der Waals surface area contributed by atoms with E-state index in [1.165, 1.54) is 0 Å². The molecule has 0 fully saturated rings. The van der Waals surface area contributed by atoms with Crippen molar-refractivity contribution < 1.29 is 0 Å². The highest BCUT2D eigenvalue weighted by Gasteiger charge is 2.30. The number of nitrogens with zero attached hydrogens (tertiary/aromatic N) is 8. The molecule has 0 aliphatic carbocycles. The topological polar surface area (TPSA) is 145 Å². The lowest BCUT2D eigenvalue weighted by molar-refractivity contribution is 1.33. The molecule has 5 heterocycles. The smallest absolute Gasteiger partial charge is 0.106 e. The average molecular weight is 408 g/mol. The summed E-state index contributed by atoms with van der Waals surface area (Å²) in [7, 11) is 0. The minimum absolute atomic E-state index is 0.0121. The first-order valence-electron chi connectivity index (χ1n) is 9.31. The Morgan fingerprint density at radius 3 is 1.78 bits per heavy atom. The summed E-state index contributed by atoms with van der Waals surface area (Å²) in [5.41, 5.74) is 3.40. The summed E-state index contributed by atoms with van der Waals surface area (Å²) in [6.07, 6.45) is 13.8. The van der Waals surface area contributed by atoms with E-state index in [1.54, 1.807) is 30.4 Å². The molecule has 0 aromatic heterocycles. The van der Waals surface area contributed by atoms with E-state index in [-0.39, 0.29) is 39.4 Å². The zero-order valence-corrected chi connectivity index (χ0v) is 16.2. The normalized spacial score (nSPS) is 20.1. The Morgan fingerprint density at radius 2 is 1.16 bits per heavy atom. The minimum Gasteiger partial charge on any atom is -0.249 e. The first-order chi connectivity index (χ1) is 15.6. The highest BCUT2D eigenvalue weighted by molar-refractivity contribution is 6.23.